The van der Waals surface area contributed by atoms with Gasteiger partial charge in [0.25, 0.3) is 0 Å². The van der Waals surface area contributed by atoms with E-state index in [-0.39, 0.29) is 12.4 Å². The summed E-state index contributed by atoms with van der Waals surface area (Å²) < 4.78 is 42.7. The molecule has 2 aliphatic heterocycles. The number of aromatic nitrogens is 3. The molecule has 4 heterocycles. The van der Waals surface area contributed by atoms with Gasteiger partial charge in [-0.05, 0) is 12.8 Å². The highest BCUT2D eigenvalue weighted by molar-refractivity contribution is 7.80. The van der Waals surface area contributed by atoms with Crippen LogP contribution in [-0.4, -0.2) is 51.7 Å². The highest BCUT2D eigenvalue weighted by atomic mass is 32.3. The van der Waals surface area contributed by atoms with E-state index in [4.69, 9.17) is 8.97 Å². The molecular formula is C14H16N5O6S+. The number of nitrogens with zero attached hydrogens (tertiary/aromatic N) is 5. The highest BCUT2D eigenvalue weighted by Gasteiger charge is 2.49. The molecule has 11 nitrogen and oxygen atoms in total. The van der Waals surface area contributed by atoms with Crippen molar-refractivity contribution in [2.75, 3.05) is 6.54 Å². The predicted octanol–water partition coefficient (Wildman–Crippen LogP) is 0.237. The van der Waals surface area contributed by atoms with Crippen molar-refractivity contribution in [1.29, 1.82) is 0 Å². The van der Waals surface area contributed by atoms with E-state index >= 15 is 0 Å². The molecule has 138 valence electrons. The molecule has 2 fully saturated rings. The van der Waals surface area contributed by atoms with Crippen LogP contribution in [0.1, 0.15) is 24.8 Å². The number of hydrogen-bond acceptors (Lipinski definition) is 7. The van der Waals surface area contributed by atoms with Gasteiger partial charge in [-0.25, -0.2) is 9.36 Å². The van der Waals surface area contributed by atoms with Crippen molar-refractivity contribution in [1.82, 2.24) is 20.2 Å². The third-order valence-electron chi connectivity index (χ3n) is 4.45. The molecule has 0 saturated carbocycles. The lowest BCUT2D eigenvalue weighted by atomic mass is 10.0. The van der Waals surface area contributed by atoms with Crippen molar-refractivity contribution < 1.29 is 31.0 Å². The number of carbonyl (C=O) groups is 1. The first kappa shape index (κ1) is 16.9. The van der Waals surface area contributed by atoms with Crippen LogP contribution in [0.2, 0.25) is 0 Å². The van der Waals surface area contributed by atoms with Crippen LogP contribution < -0.4 is 4.57 Å². The number of pyridine rings is 1. The Hall–Kier alpha value is -2.57. The quantitative estimate of drug-likeness (QED) is 0.588. The summed E-state index contributed by atoms with van der Waals surface area (Å²) in [7, 11) is -2.88. The lowest BCUT2D eigenvalue weighted by molar-refractivity contribution is -0.671. The first-order chi connectivity index (χ1) is 12.3. The largest absolute Gasteiger partial charge is 0.418 e. The van der Waals surface area contributed by atoms with Gasteiger partial charge in [0, 0.05) is 18.7 Å². The van der Waals surface area contributed by atoms with Gasteiger partial charge in [0.1, 0.15) is 13.1 Å². The highest BCUT2D eigenvalue weighted by Crippen LogP contribution is 2.38. The van der Waals surface area contributed by atoms with E-state index in [0.29, 0.717) is 23.8 Å². The maximum Gasteiger partial charge on any atom is 0.418 e. The van der Waals surface area contributed by atoms with Crippen molar-refractivity contribution in [2.24, 2.45) is 7.05 Å². The average molecular weight is 382 g/mol. The second-order valence-electron chi connectivity index (χ2n) is 6.21. The molecule has 2 bridgehead atoms. The third-order valence-corrected chi connectivity index (χ3v) is 4.80. The zero-order chi connectivity index (χ0) is 18.5. The van der Waals surface area contributed by atoms with Gasteiger partial charge in [0.15, 0.2) is 12.4 Å². The molecule has 12 heteroatoms. The van der Waals surface area contributed by atoms with E-state index in [1.807, 2.05) is 36.1 Å². The number of hydrogen-bond donors (Lipinski definition) is 1. The summed E-state index contributed by atoms with van der Waals surface area (Å²) in [4.78, 5) is 13.8. The maximum atomic E-state index is 12.4. The van der Waals surface area contributed by atoms with E-state index < -0.39 is 28.5 Å². The van der Waals surface area contributed by atoms with Crippen molar-refractivity contribution >= 4 is 16.4 Å². The van der Waals surface area contributed by atoms with Gasteiger partial charge in [0.05, 0.1) is 11.6 Å². The van der Waals surface area contributed by atoms with Crippen LogP contribution in [0.5, 0.6) is 0 Å². The molecule has 2 amide bonds. The molecule has 0 spiro atoms. The van der Waals surface area contributed by atoms with Gasteiger partial charge in [-0.2, -0.15) is 13.5 Å². The summed E-state index contributed by atoms with van der Waals surface area (Å²) in [6.07, 6.45) is 4.67. The lowest BCUT2D eigenvalue weighted by Gasteiger charge is -2.27. The average Bonchev–Trinajstić information content (AvgIpc) is 3.15. The Morgan fingerprint density at radius 2 is 2.04 bits per heavy atom. The summed E-state index contributed by atoms with van der Waals surface area (Å²) in [5, 5.41) is 8.76. The Morgan fingerprint density at radius 3 is 2.73 bits per heavy atom. The molecule has 2 saturated heterocycles. The molecule has 2 atom stereocenters. The Bertz CT molecular complexity index is 943. The molecule has 2 aliphatic rings. The van der Waals surface area contributed by atoms with Gasteiger partial charge >= 0.3 is 16.4 Å². The second kappa shape index (κ2) is 6.00. The van der Waals surface area contributed by atoms with Gasteiger partial charge in [-0.15, -0.1) is 14.5 Å². The smallest absolute Gasteiger partial charge is 0.418 e. The number of amides is 2. The van der Waals surface area contributed by atoms with Crippen molar-refractivity contribution in [2.45, 2.75) is 24.9 Å². The van der Waals surface area contributed by atoms with Crippen LogP contribution in [0.4, 0.5) is 4.79 Å². The first-order valence-electron chi connectivity index (χ1n) is 7.88. The Morgan fingerprint density at radius 1 is 1.31 bits per heavy atom. The minimum atomic E-state index is -4.77. The molecule has 0 aliphatic carbocycles. The van der Waals surface area contributed by atoms with Crippen molar-refractivity contribution in [3.05, 3.63) is 30.4 Å². The number of carbonyl (C=O) groups excluding carboxylic acids is 1. The molecule has 0 aromatic carbocycles. The van der Waals surface area contributed by atoms with Crippen LogP contribution in [0.15, 0.2) is 28.9 Å². The van der Waals surface area contributed by atoms with E-state index in [1.54, 1.807) is 0 Å². The van der Waals surface area contributed by atoms with Crippen LogP contribution in [0.25, 0.3) is 11.5 Å². The second-order valence-corrected chi connectivity index (χ2v) is 7.21. The van der Waals surface area contributed by atoms with E-state index in [1.165, 1.54) is 4.90 Å². The predicted molar refractivity (Wildman–Crippen MR) is 83.2 cm³/mol. The number of fused-ring (bicyclic) bond motifs is 2. The van der Waals surface area contributed by atoms with Crippen LogP contribution >= 0.6 is 0 Å². The minimum absolute atomic E-state index is 0.248. The maximum absolute atomic E-state index is 12.4. The monoisotopic (exact) mass is 382 g/mol. The summed E-state index contributed by atoms with van der Waals surface area (Å²) in [5.41, 5.74) is 0.750. The summed E-state index contributed by atoms with van der Waals surface area (Å²) in [5.74, 6) is 0.606. The Kier molecular flexibility index (Phi) is 3.89. The Labute approximate surface area is 148 Å². The van der Waals surface area contributed by atoms with E-state index in [2.05, 4.69) is 14.5 Å². The number of piperidine rings is 1. The SMILES string of the molecule is C[n+]1ccc(-c2nnc(C3CCC4CN3C(=O)N4OS(=O)(=O)O)o2)cc1. The fourth-order valence-electron chi connectivity index (χ4n) is 3.22. The third kappa shape index (κ3) is 3.02. The summed E-state index contributed by atoms with van der Waals surface area (Å²) in [6.45, 7) is 0.248. The van der Waals surface area contributed by atoms with Gasteiger partial charge in [0.2, 0.25) is 11.8 Å². The van der Waals surface area contributed by atoms with Crippen LogP contribution in [0.3, 0.4) is 0 Å². The number of aryl methyl sites for hydroxylation is 1. The summed E-state index contributed by atoms with van der Waals surface area (Å²) >= 11 is 0. The fraction of sp³-hybridized carbons (Fsp3) is 0.429. The zero-order valence-corrected chi connectivity index (χ0v) is 14.5. The van der Waals surface area contributed by atoms with Crippen molar-refractivity contribution in [3.63, 3.8) is 0 Å². The topological polar surface area (TPSA) is 130 Å². The first-order valence-corrected chi connectivity index (χ1v) is 9.24. The van der Waals surface area contributed by atoms with E-state index in [9.17, 15) is 13.2 Å². The van der Waals surface area contributed by atoms with Crippen LogP contribution in [-0.2, 0) is 21.7 Å². The number of hydroxylamine groups is 2. The van der Waals surface area contributed by atoms with Gasteiger partial charge in [-0.3, -0.25) is 4.55 Å². The summed E-state index contributed by atoms with van der Waals surface area (Å²) in [6, 6.07) is 2.06. The minimum Gasteiger partial charge on any atom is -0.418 e. The van der Waals surface area contributed by atoms with Gasteiger partial charge in [-0.1, -0.05) is 0 Å². The molecule has 2 aromatic heterocycles. The molecular weight excluding hydrogens is 366 g/mol. The lowest BCUT2D eigenvalue weighted by Crippen LogP contribution is -2.35. The number of rotatable bonds is 4. The van der Waals surface area contributed by atoms with E-state index in [0.717, 1.165) is 5.56 Å². The van der Waals surface area contributed by atoms with Crippen LogP contribution in [0, 0.1) is 0 Å². The molecule has 26 heavy (non-hydrogen) atoms. The molecule has 0 radical (unpaired) electrons. The normalized spacial score (nSPS) is 22.9. The Balaban J connectivity index is 1.57. The molecule has 2 unspecified atom stereocenters. The standard InChI is InChI=1S/C14H15N5O6S/c1-17-6-4-9(5-7-17)12-15-16-13(24-12)11-3-2-10-8-18(11)14(20)19(10)25-26(21,22)23/h4-7,10-11H,2-3,8H2,1H3/p+1. The fourth-order valence-corrected chi connectivity index (χ4v) is 3.61. The molecule has 1 N–H and O–H groups in total. The zero-order valence-electron chi connectivity index (χ0n) is 13.7. The van der Waals surface area contributed by atoms with Crippen molar-refractivity contribution in [3.8, 4) is 11.5 Å². The van der Waals surface area contributed by atoms with Gasteiger partial charge < -0.3 is 9.32 Å². The molecule has 2 aromatic rings. The molecule has 4 rings (SSSR count). The number of urea groups is 1.